The van der Waals surface area contributed by atoms with Gasteiger partial charge < -0.3 is 18.9 Å². The van der Waals surface area contributed by atoms with E-state index in [9.17, 15) is 4.79 Å². The van der Waals surface area contributed by atoms with Crippen LogP contribution in [0.5, 0.6) is 11.5 Å². The molecule has 5 heteroatoms. The van der Waals surface area contributed by atoms with Crippen LogP contribution in [0.3, 0.4) is 0 Å². The predicted octanol–water partition coefficient (Wildman–Crippen LogP) is 8.20. The van der Waals surface area contributed by atoms with Crippen molar-refractivity contribution in [1.29, 1.82) is 0 Å². The van der Waals surface area contributed by atoms with Crippen molar-refractivity contribution in [1.82, 2.24) is 4.57 Å². The fourth-order valence-corrected chi connectivity index (χ4v) is 6.78. The van der Waals surface area contributed by atoms with Crippen molar-refractivity contribution >= 4 is 33.5 Å². The molecule has 0 aliphatic carbocycles. The maximum Gasteiger partial charge on any atom is 0.340 e. The molecule has 2 aliphatic heterocycles. The number of hydrogen-bond donors (Lipinski definition) is 0. The molecule has 8 rings (SSSR count). The van der Waals surface area contributed by atoms with Gasteiger partial charge in [0.25, 0.3) is 0 Å². The average Bonchev–Trinajstić information content (AvgIpc) is 3.50. The molecule has 1 spiro atoms. The maximum absolute atomic E-state index is 13.3. The normalized spacial score (nSPS) is 16.8. The number of ether oxygens (including phenoxy) is 2. The third kappa shape index (κ3) is 3.20. The molecule has 41 heavy (non-hydrogen) atoms. The zero-order valence-electron chi connectivity index (χ0n) is 22.9. The van der Waals surface area contributed by atoms with Crippen LogP contribution in [0.25, 0.3) is 27.5 Å². The third-order valence-corrected chi connectivity index (χ3v) is 8.65. The highest BCUT2D eigenvalue weighted by Crippen LogP contribution is 2.57. The molecule has 0 N–H and O–H groups in total. The number of carbonyl (C=O) groups is 1. The Hall–Kier alpha value is -5.03. The lowest BCUT2D eigenvalue weighted by Gasteiger charge is -2.37. The SMILES string of the molecule is CCN(CC)c1ccc2c(c1)Oc1cc(-n3c4ccccc4c4ccccc43)ccc1C21OC(=O)c2ccccc21. The van der Waals surface area contributed by atoms with Gasteiger partial charge in [0.05, 0.1) is 16.6 Å². The molecule has 6 aromatic rings. The summed E-state index contributed by atoms with van der Waals surface area (Å²) in [6.07, 6.45) is 0. The van der Waals surface area contributed by atoms with Crippen molar-refractivity contribution in [3.05, 3.63) is 131 Å². The van der Waals surface area contributed by atoms with Gasteiger partial charge in [0.15, 0.2) is 5.60 Å². The number of carbonyl (C=O) groups excluding carboxylic acids is 1. The smallest absolute Gasteiger partial charge is 0.340 e. The fraction of sp³-hybridized carbons (Fsp3) is 0.139. The van der Waals surface area contributed by atoms with E-state index < -0.39 is 5.60 Å². The first-order valence-corrected chi connectivity index (χ1v) is 14.2. The topological polar surface area (TPSA) is 43.7 Å². The van der Waals surface area contributed by atoms with Crippen molar-refractivity contribution in [2.24, 2.45) is 0 Å². The number of aromatic nitrogens is 1. The summed E-state index contributed by atoms with van der Waals surface area (Å²) in [7, 11) is 0. The van der Waals surface area contributed by atoms with E-state index in [1.807, 2.05) is 24.3 Å². The Labute approximate surface area is 238 Å². The van der Waals surface area contributed by atoms with E-state index in [0.29, 0.717) is 17.1 Å². The van der Waals surface area contributed by atoms with E-state index in [2.05, 4.69) is 108 Å². The quantitative estimate of drug-likeness (QED) is 0.213. The van der Waals surface area contributed by atoms with Crippen molar-refractivity contribution < 1.29 is 14.3 Å². The third-order valence-electron chi connectivity index (χ3n) is 8.65. The summed E-state index contributed by atoms with van der Waals surface area (Å²) in [4.78, 5) is 15.6. The number of benzene rings is 5. The molecule has 2 aliphatic rings. The highest BCUT2D eigenvalue weighted by atomic mass is 16.6. The highest BCUT2D eigenvalue weighted by molar-refractivity contribution is 6.09. The second kappa shape index (κ2) is 8.73. The van der Waals surface area contributed by atoms with E-state index in [0.717, 1.165) is 52.2 Å². The van der Waals surface area contributed by atoms with Crippen LogP contribution in [0.2, 0.25) is 0 Å². The van der Waals surface area contributed by atoms with Crippen molar-refractivity contribution in [2.75, 3.05) is 18.0 Å². The van der Waals surface area contributed by atoms with E-state index in [1.54, 1.807) is 0 Å². The van der Waals surface area contributed by atoms with Gasteiger partial charge in [0.2, 0.25) is 0 Å². The largest absolute Gasteiger partial charge is 0.456 e. The van der Waals surface area contributed by atoms with Gasteiger partial charge in [-0.3, -0.25) is 0 Å². The van der Waals surface area contributed by atoms with E-state index in [-0.39, 0.29) is 5.97 Å². The number of fused-ring (bicyclic) bond motifs is 9. The van der Waals surface area contributed by atoms with Crippen LogP contribution in [-0.4, -0.2) is 23.6 Å². The summed E-state index contributed by atoms with van der Waals surface area (Å²) in [5, 5.41) is 2.40. The Bertz CT molecular complexity index is 1970. The van der Waals surface area contributed by atoms with Crippen molar-refractivity contribution in [2.45, 2.75) is 19.4 Å². The van der Waals surface area contributed by atoms with Gasteiger partial charge in [-0.1, -0.05) is 54.6 Å². The van der Waals surface area contributed by atoms with Crippen molar-refractivity contribution in [3.63, 3.8) is 0 Å². The summed E-state index contributed by atoms with van der Waals surface area (Å²) < 4.78 is 15.4. The molecule has 1 aromatic heterocycles. The Morgan fingerprint density at radius 3 is 2.00 bits per heavy atom. The van der Waals surface area contributed by atoms with Crippen LogP contribution < -0.4 is 9.64 Å². The Morgan fingerprint density at radius 1 is 0.683 bits per heavy atom. The first-order chi connectivity index (χ1) is 20.1. The second-order valence-electron chi connectivity index (χ2n) is 10.6. The second-order valence-corrected chi connectivity index (χ2v) is 10.6. The zero-order chi connectivity index (χ0) is 27.7. The summed E-state index contributed by atoms with van der Waals surface area (Å²) in [5.74, 6) is 1.06. The molecule has 5 nitrogen and oxygen atoms in total. The summed E-state index contributed by atoms with van der Waals surface area (Å²) in [6.45, 7) is 6.06. The molecule has 0 fully saturated rings. The molecule has 3 heterocycles. The highest BCUT2D eigenvalue weighted by Gasteiger charge is 2.53. The van der Waals surface area contributed by atoms with Gasteiger partial charge >= 0.3 is 5.97 Å². The summed E-state index contributed by atoms with van der Waals surface area (Å²) in [6, 6.07) is 37.1. The van der Waals surface area contributed by atoms with Gasteiger partial charge in [-0.25, -0.2) is 4.79 Å². The van der Waals surface area contributed by atoms with E-state index >= 15 is 0 Å². The van der Waals surface area contributed by atoms with E-state index in [4.69, 9.17) is 9.47 Å². The molecule has 200 valence electrons. The van der Waals surface area contributed by atoms with Gasteiger partial charge in [0, 0.05) is 64.1 Å². The monoisotopic (exact) mass is 536 g/mol. The number of rotatable bonds is 4. The van der Waals surface area contributed by atoms with E-state index in [1.165, 1.54) is 10.8 Å². The van der Waals surface area contributed by atoms with Crippen LogP contribution in [0.15, 0.2) is 109 Å². The lowest BCUT2D eigenvalue weighted by Crippen LogP contribution is -2.33. The summed E-state index contributed by atoms with van der Waals surface area (Å²) >= 11 is 0. The van der Waals surface area contributed by atoms with Gasteiger partial charge in [-0.2, -0.15) is 0 Å². The minimum absolute atomic E-state index is 0.321. The Kier molecular flexibility index (Phi) is 5.08. The van der Waals surface area contributed by atoms with Crippen molar-refractivity contribution in [3.8, 4) is 17.2 Å². The molecule has 1 unspecified atom stereocenters. The molecule has 0 saturated carbocycles. The number of para-hydroxylation sites is 2. The predicted molar refractivity (Wildman–Crippen MR) is 163 cm³/mol. The van der Waals surface area contributed by atoms with Crippen LogP contribution in [0.1, 0.15) is 40.9 Å². The Morgan fingerprint density at radius 2 is 1.29 bits per heavy atom. The first kappa shape index (κ1) is 23.8. The van der Waals surface area contributed by atoms with Crippen LogP contribution in [0, 0.1) is 0 Å². The molecule has 0 amide bonds. The van der Waals surface area contributed by atoms with Gasteiger partial charge in [-0.15, -0.1) is 0 Å². The van der Waals surface area contributed by atoms with Gasteiger partial charge in [-0.05, 0) is 56.3 Å². The van der Waals surface area contributed by atoms with Crippen LogP contribution in [-0.2, 0) is 10.3 Å². The number of anilines is 1. The van der Waals surface area contributed by atoms with Crippen LogP contribution in [0.4, 0.5) is 5.69 Å². The first-order valence-electron chi connectivity index (χ1n) is 14.2. The number of nitrogens with zero attached hydrogens (tertiary/aromatic N) is 2. The average molecular weight is 537 g/mol. The molecule has 0 bridgehead atoms. The lowest BCUT2D eigenvalue weighted by molar-refractivity contribution is 0.0224. The van der Waals surface area contributed by atoms with Crippen LogP contribution >= 0.6 is 0 Å². The number of hydrogen-bond acceptors (Lipinski definition) is 4. The summed E-state index contributed by atoms with van der Waals surface area (Å²) in [5.41, 5.74) is 6.31. The molecule has 1 atom stereocenters. The lowest BCUT2D eigenvalue weighted by atomic mass is 9.77. The minimum Gasteiger partial charge on any atom is -0.456 e. The molecule has 0 saturated heterocycles. The molecular weight excluding hydrogens is 508 g/mol. The maximum atomic E-state index is 13.3. The molecule has 5 aromatic carbocycles. The fourth-order valence-electron chi connectivity index (χ4n) is 6.78. The zero-order valence-corrected chi connectivity index (χ0v) is 22.9. The standard InChI is InChI=1S/C36H28N2O3/c1-3-37(4-2)23-17-19-29-33(21-23)40-34-22-24(38-31-15-9-6-11-25(31)26-12-7-10-16-32(26)38)18-20-30(34)36(29)28-14-8-5-13-27(28)35(39)41-36/h5-22H,3-4H2,1-2H3. The molecule has 0 radical (unpaired) electrons. The minimum atomic E-state index is -1.09. The molecular formula is C36H28N2O3. The Balaban J connectivity index is 1.39. The van der Waals surface area contributed by atoms with Gasteiger partial charge in [0.1, 0.15) is 11.5 Å². The number of esters is 1.